The van der Waals surface area contributed by atoms with Gasteiger partial charge in [0.15, 0.2) is 0 Å². The number of hydrogen-bond acceptors (Lipinski definition) is 3. The normalized spacial score (nSPS) is 21.9. The summed E-state index contributed by atoms with van der Waals surface area (Å²) in [6, 6.07) is 11.2. The lowest BCUT2D eigenvalue weighted by atomic mass is 9.76. The Labute approximate surface area is 121 Å². The molecule has 3 nitrogen and oxygen atoms in total. The zero-order chi connectivity index (χ0) is 13.1. The van der Waals surface area contributed by atoms with Crippen LogP contribution in [-0.4, -0.2) is 16.0 Å². The molecule has 1 aliphatic carbocycles. The summed E-state index contributed by atoms with van der Waals surface area (Å²) in [5.74, 6) is 0.695. The molecule has 2 aromatic rings. The molecule has 1 fully saturated rings. The molecule has 0 bridgehead atoms. The van der Waals surface area contributed by atoms with Gasteiger partial charge in [-0.1, -0.05) is 28.1 Å². The highest BCUT2D eigenvalue weighted by Gasteiger charge is 2.29. The van der Waals surface area contributed by atoms with E-state index < -0.39 is 0 Å². The van der Waals surface area contributed by atoms with E-state index in [4.69, 9.17) is 0 Å². The van der Waals surface area contributed by atoms with Crippen LogP contribution in [0, 0.1) is 0 Å². The molecule has 0 amide bonds. The summed E-state index contributed by atoms with van der Waals surface area (Å²) in [6.07, 6.45) is 5.81. The fourth-order valence-corrected chi connectivity index (χ4v) is 2.91. The Bertz CT molecular complexity index is 538. The van der Waals surface area contributed by atoms with Crippen molar-refractivity contribution in [2.75, 3.05) is 0 Å². The fourth-order valence-electron chi connectivity index (χ4n) is 2.49. The number of halogens is 1. The Morgan fingerprint density at radius 1 is 1.26 bits per heavy atom. The monoisotopic (exact) mass is 317 g/mol. The van der Waals surface area contributed by atoms with Gasteiger partial charge in [0.2, 0.25) is 0 Å². The van der Waals surface area contributed by atoms with Gasteiger partial charge in [-0.2, -0.15) is 0 Å². The number of nitrogens with zero attached hydrogens (tertiary/aromatic N) is 2. The quantitative estimate of drug-likeness (QED) is 0.940. The molecule has 3 rings (SSSR count). The number of rotatable bonds is 4. The van der Waals surface area contributed by atoms with Crippen LogP contribution in [0.4, 0.5) is 0 Å². The summed E-state index contributed by atoms with van der Waals surface area (Å²) in [6.45, 7) is 0.832. The van der Waals surface area contributed by atoms with E-state index in [9.17, 15) is 0 Å². The number of aromatic nitrogens is 2. The first kappa shape index (κ1) is 12.8. The third-order valence-electron chi connectivity index (χ3n) is 3.67. The van der Waals surface area contributed by atoms with Gasteiger partial charge in [-0.15, -0.1) is 0 Å². The Kier molecular flexibility index (Phi) is 3.89. The van der Waals surface area contributed by atoms with E-state index in [0.29, 0.717) is 12.0 Å². The third kappa shape index (κ3) is 3.19. The molecule has 0 spiro atoms. The van der Waals surface area contributed by atoms with Crippen molar-refractivity contribution in [1.82, 2.24) is 15.3 Å². The zero-order valence-electron chi connectivity index (χ0n) is 10.6. The summed E-state index contributed by atoms with van der Waals surface area (Å²) in [5.41, 5.74) is 2.50. The van der Waals surface area contributed by atoms with Gasteiger partial charge in [-0.25, -0.2) is 9.97 Å². The average molecular weight is 318 g/mol. The first-order chi connectivity index (χ1) is 9.31. The van der Waals surface area contributed by atoms with Gasteiger partial charge < -0.3 is 5.32 Å². The lowest BCUT2D eigenvalue weighted by Gasteiger charge is -2.36. The maximum atomic E-state index is 4.22. The fraction of sp³-hybridized carbons (Fsp3) is 0.333. The van der Waals surface area contributed by atoms with Gasteiger partial charge in [-0.3, -0.25) is 0 Å². The third-order valence-corrected chi connectivity index (χ3v) is 4.17. The van der Waals surface area contributed by atoms with E-state index in [2.05, 4.69) is 55.5 Å². The molecule has 1 aliphatic rings. The van der Waals surface area contributed by atoms with Gasteiger partial charge >= 0.3 is 0 Å². The van der Waals surface area contributed by atoms with Crippen molar-refractivity contribution < 1.29 is 0 Å². The van der Waals surface area contributed by atoms with Crippen molar-refractivity contribution >= 4 is 15.9 Å². The summed E-state index contributed by atoms with van der Waals surface area (Å²) in [5, 5.41) is 3.55. The molecule has 1 aromatic heterocycles. The lowest BCUT2D eigenvalue weighted by Crippen LogP contribution is -2.39. The molecule has 0 aliphatic heterocycles. The molecule has 98 valence electrons. The minimum absolute atomic E-state index is 0.610. The molecule has 0 unspecified atom stereocenters. The largest absolute Gasteiger partial charge is 0.308 e. The summed E-state index contributed by atoms with van der Waals surface area (Å²) in [7, 11) is 0. The maximum absolute atomic E-state index is 4.22. The summed E-state index contributed by atoms with van der Waals surface area (Å²) >= 11 is 3.53. The molecule has 1 saturated carbocycles. The van der Waals surface area contributed by atoms with Crippen molar-refractivity contribution in [2.24, 2.45) is 0 Å². The first-order valence-electron chi connectivity index (χ1n) is 6.55. The second kappa shape index (κ2) is 5.80. The second-order valence-electron chi connectivity index (χ2n) is 5.00. The van der Waals surface area contributed by atoms with Crippen LogP contribution in [0.3, 0.4) is 0 Å². The number of nitrogens with one attached hydrogen (secondary N) is 1. The van der Waals surface area contributed by atoms with Gasteiger partial charge in [0.1, 0.15) is 6.33 Å². The summed E-state index contributed by atoms with van der Waals surface area (Å²) < 4.78 is 1.17. The van der Waals surface area contributed by atoms with Crippen LogP contribution in [0.25, 0.3) is 0 Å². The van der Waals surface area contributed by atoms with Gasteiger partial charge in [-0.05, 0) is 42.5 Å². The smallest absolute Gasteiger partial charge is 0.115 e. The molecule has 0 radical (unpaired) electrons. The number of benzene rings is 1. The van der Waals surface area contributed by atoms with Gasteiger partial charge in [0.05, 0.1) is 5.69 Å². The standard InChI is InChI=1S/C15H16BrN3/c16-13-3-1-2-11(6-13)12-7-15(8-12)18-9-14-4-5-17-10-19-14/h1-6,10,12,15,18H,7-9H2. The van der Waals surface area contributed by atoms with E-state index in [1.165, 1.54) is 22.9 Å². The van der Waals surface area contributed by atoms with Crippen LogP contribution in [0.2, 0.25) is 0 Å². The van der Waals surface area contributed by atoms with Gasteiger partial charge in [0.25, 0.3) is 0 Å². The Morgan fingerprint density at radius 3 is 2.89 bits per heavy atom. The molecule has 0 atom stereocenters. The van der Waals surface area contributed by atoms with Crippen LogP contribution in [0.15, 0.2) is 47.3 Å². The van der Waals surface area contributed by atoms with Crippen molar-refractivity contribution in [3.8, 4) is 0 Å². The molecule has 1 heterocycles. The highest BCUT2D eigenvalue weighted by Crippen LogP contribution is 2.37. The summed E-state index contributed by atoms with van der Waals surface area (Å²) in [4.78, 5) is 8.14. The Morgan fingerprint density at radius 2 is 2.16 bits per heavy atom. The highest BCUT2D eigenvalue weighted by atomic mass is 79.9. The zero-order valence-corrected chi connectivity index (χ0v) is 12.2. The molecule has 4 heteroatoms. The predicted octanol–water partition coefficient (Wildman–Crippen LogP) is 3.27. The van der Waals surface area contributed by atoms with Crippen molar-refractivity contribution in [3.63, 3.8) is 0 Å². The van der Waals surface area contributed by atoms with Crippen molar-refractivity contribution in [2.45, 2.75) is 31.3 Å². The number of hydrogen-bond donors (Lipinski definition) is 1. The van der Waals surface area contributed by atoms with E-state index in [1.54, 1.807) is 12.5 Å². The Hall–Kier alpha value is -1.26. The Balaban J connectivity index is 1.48. The van der Waals surface area contributed by atoms with Crippen LogP contribution >= 0.6 is 15.9 Å². The van der Waals surface area contributed by atoms with E-state index >= 15 is 0 Å². The van der Waals surface area contributed by atoms with E-state index in [0.717, 1.165) is 12.2 Å². The minimum atomic E-state index is 0.610. The molecular formula is C15H16BrN3. The highest BCUT2D eigenvalue weighted by molar-refractivity contribution is 9.10. The maximum Gasteiger partial charge on any atom is 0.115 e. The van der Waals surface area contributed by atoms with Crippen LogP contribution in [-0.2, 0) is 6.54 Å². The van der Waals surface area contributed by atoms with Crippen molar-refractivity contribution in [3.05, 3.63) is 58.6 Å². The minimum Gasteiger partial charge on any atom is -0.308 e. The van der Waals surface area contributed by atoms with Crippen LogP contribution < -0.4 is 5.32 Å². The molecule has 0 saturated heterocycles. The molecular weight excluding hydrogens is 302 g/mol. The van der Waals surface area contributed by atoms with E-state index in [-0.39, 0.29) is 0 Å². The molecule has 1 aromatic carbocycles. The molecule has 19 heavy (non-hydrogen) atoms. The van der Waals surface area contributed by atoms with Crippen molar-refractivity contribution in [1.29, 1.82) is 0 Å². The van der Waals surface area contributed by atoms with E-state index in [1.807, 2.05) is 6.07 Å². The first-order valence-corrected chi connectivity index (χ1v) is 7.34. The van der Waals surface area contributed by atoms with Crippen LogP contribution in [0.1, 0.15) is 30.0 Å². The topological polar surface area (TPSA) is 37.8 Å². The van der Waals surface area contributed by atoms with Gasteiger partial charge in [0, 0.05) is 23.3 Å². The second-order valence-corrected chi connectivity index (χ2v) is 5.92. The average Bonchev–Trinajstić information content (AvgIpc) is 2.38. The SMILES string of the molecule is Brc1cccc(C2CC(NCc3ccncn3)C2)c1. The predicted molar refractivity (Wildman–Crippen MR) is 78.8 cm³/mol. The lowest BCUT2D eigenvalue weighted by molar-refractivity contribution is 0.288. The molecule has 1 N–H and O–H groups in total. The van der Waals surface area contributed by atoms with Crippen LogP contribution in [0.5, 0.6) is 0 Å².